The van der Waals surface area contributed by atoms with Gasteiger partial charge in [-0.1, -0.05) is 0 Å². The first-order valence-electron chi connectivity index (χ1n) is 5.98. The molecule has 0 aromatic carbocycles. The molecule has 1 aliphatic heterocycles. The van der Waals surface area contributed by atoms with Crippen LogP contribution >= 0.6 is 0 Å². The molecule has 104 valence electrons. The number of hydrogen-bond donors (Lipinski definition) is 3. The lowest BCUT2D eigenvalue weighted by Gasteiger charge is -2.23. The highest BCUT2D eigenvalue weighted by Crippen LogP contribution is 2.05. The van der Waals surface area contributed by atoms with E-state index >= 15 is 0 Å². The van der Waals surface area contributed by atoms with E-state index in [0.717, 1.165) is 12.8 Å². The SMILES string of the molecule is COC(CNC(=O)NC1CCOCC1)CC(=O)O. The third kappa shape index (κ3) is 5.83. The van der Waals surface area contributed by atoms with E-state index in [0.29, 0.717) is 13.2 Å². The summed E-state index contributed by atoms with van der Waals surface area (Å²) in [5, 5.41) is 14.0. The number of rotatable bonds is 6. The molecule has 0 radical (unpaired) electrons. The number of amides is 2. The van der Waals surface area contributed by atoms with Crippen molar-refractivity contribution in [3.05, 3.63) is 0 Å². The average Bonchev–Trinajstić information content (AvgIpc) is 2.35. The second kappa shape index (κ2) is 7.88. The summed E-state index contributed by atoms with van der Waals surface area (Å²) in [4.78, 5) is 22.1. The maximum atomic E-state index is 11.6. The van der Waals surface area contributed by atoms with E-state index in [1.54, 1.807) is 0 Å². The zero-order chi connectivity index (χ0) is 13.4. The van der Waals surface area contributed by atoms with Gasteiger partial charge in [-0.05, 0) is 12.8 Å². The normalized spacial score (nSPS) is 18.1. The highest BCUT2D eigenvalue weighted by Gasteiger charge is 2.17. The number of hydrogen-bond acceptors (Lipinski definition) is 4. The molecular formula is C11H20N2O5. The van der Waals surface area contributed by atoms with Gasteiger partial charge in [0.05, 0.1) is 12.5 Å². The summed E-state index contributed by atoms with van der Waals surface area (Å²) >= 11 is 0. The molecule has 0 spiro atoms. The van der Waals surface area contributed by atoms with Crippen molar-refractivity contribution in [1.82, 2.24) is 10.6 Å². The van der Waals surface area contributed by atoms with Crippen LogP contribution in [0, 0.1) is 0 Å². The lowest BCUT2D eigenvalue weighted by molar-refractivity contribution is -0.139. The van der Waals surface area contributed by atoms with Crippen LogP contribution in [0.2, 0.25) is 0 Å². The van der Waals surface area contributed by atoms with Gasteiger partial charge in [0, 0.05) is 32.9 Å². The van der Waals surface area contributed by atoms with E-state index in [2.05, 4.69) is 10.6 Å². The van der Waals surface area contributed by atoms with E-state index in [4.69, 9.17) is 14.6 Å². The fraction of sp³-hybridized carbons (Fsp3) is 0.818. The van der Waals surface area contributed by atoms with E-state index in [9.17, 15) is 9.59 Å². The number of carbonyl (C=O) groups excluding carboxylic acids is 1. The smallest absolute Gasteiger partial charge is 0.315 e. The van der Waals surface area contributed by atoms with Gasteiger partial charge in [-0.3, -0.25) is 4.79 Å². The Bertz CT molecular complexity index is 279. The molecule has 0 aromatic rings. The minimum Gasteiger partial charge on any atom is -0.481 e. The van der Waals surface area contributed by atoms with E-state index in [-0.39, 0.29) is 25.0 Å². The summed E-state index contributed by atoms with van der Waals surface area (Å²) in [6, 6.07) is -0.173. The third-order valence-electron chi connectivity index (χ3n) is 2.78. The number of carboxylic acids is 1. The molecular weight excluding hydrogens is 240 g/mol. The van der Waals surface area contributed by atoms with Crippen LogP contribution in [0.5, 0.6) is 0 Å². The number of methoxy groups -OCH3 is 1. The van der Waals surface area contributed by atoms with Crippen molar-refractivity contribution in [2.24, 2.45) is 0 Å². The van der Waals surface area contributed by atoms with Crippen LogP contribution in [0.1, 0.15) is 19.3 Å². The lowest BCUT2D eigenvalue weighted by atomic mass is 10.1. The largest absolute Gasteiger partial charge is 0.481 e. The number of carbonyl (C=O) groups is 2. The predicted octanol–water partition coefficient (Wildman–Crippen LogP) is -0.0457. The molecule has 1 rings (SSSR count). The summed E-state index contributed by atoms with van der Waals surface area (Å²) in [6.45, 7) is 1.49. The van der Waals surface area contributed by atoms with Gasteiger partial charge in [0.25, 0.3) is 0 Å². The Hall–Kier alpha value is -1.34. The molecule has 1 aliphatic rings. The second-order valence-electron chi connectivity index (χ2n) is 4.20. The van der Waals surface area contributed by atoms with Gasteiger partial charge in [0.1, 0.15) is 0 Å². The first-order chi connectivity index (χ1) is 8.61. The zero-order valence-electron chi connectivity index (χ0n) is 10.5. The van der Waals surface area contributed by atoms with Crippen LogP contribution in [0.4, 0.5) is 4.79 Å². The van der Waals surface area contributed by atoms with Crippen LogP contribution in [0.3, 0.4) is 0 Å². The van der Waals surface area contributed by atoms with Crippen LogP contribution < -0.4 is 10.6 Å². The fourth-order valence-electron chi connectivity index (χ4n) is 1.72. The number of urea groups is 1. The summed E-state index contributed by atoms with van der Waals surface area (Å²) in [5.74, 6) is -0.950. The van der Waals surface area contributed by atoms with Crippen molar-refractivity contribution in [2.75, 3.05) is 26.9 Å². The maximum absolute atomic E-state index is 11.6. The molecule has 1 saturated heterocycles. The number of ether oxygens (including phenoxy) is 2. The van der Waals surface area contributed by atoms with E-state index < -0.39 is 12.1 Å². The number of aliphatic carboxylic acids is 1. The molecule has 2 amide bonds. The van der Waals surface area contributed by atoms with Crippen LogP contribution in [0.25, 0.3) is 0 Å². The van der Waals surface area contributed by atoms with E-state index in [1.165, 1.54) is 7.11 Å². The maximum Gasteiger partial charge on any atom is 0.315 e. The van der Waals surface area contributed by atoms with Gasteiger partial charge >= 0.3 is 12.0 Å². The molecule has 0 aromatic heterocycles. The van der Waals surface area contributed by atoms with Crippen molar-refractivity contribution in [2.45, 2.75) is 31.4 Å². The molecule has 0 saturated carbocycles. The molecule has 0 aliphatic carbocycles. The summed E-state index contributed by atoms with van der Waals surface area (Å²) in [5.41, 5.74) is 0. The van der Waals surface area contributed by atoms with Crippen LogP contribution in [-0.2, 0) is 14.3 Å². The van der Waals surface area contributed by atoms with Gasteiger partial charge in [-0.2, -0.15) is 0 Å². The van der Waals surface area contributed by atoms with Crippen LogP contribution in [0.15, 0.2) is 0 Å². The Morgan fingerprint density at radius 3 is 2.67 bits per heavy atom. The van der Waals surface area contributed by atoms with Crippen molar-refractivity contribution >= 4 is 12.0 Å². The molecule has 7 heteroatoms. The molecule has 0 bridgehead atoms. The highest BCUT2D eigenvalue weighted by atomic mass is 16.5. The molecule has 1 atom stereocenters. The first-order valence-corrected chi connectivity index (χ1v) is 5.98. The average molecular weight is 260 g/mol. The Labute approximate surface area is 106 Å². The Morgan fingerprint density at radius 2 is 2.11 bits per heavy atom. The Balaban J connectivity index is 2.20. The predicted molar refractivity (Wildman–Crippen MR) is 63.4 cm³/mol. The van der Waals surface area contributed by atoms with Crippen molar-refractivity contribution in [1.29, 1.82) is 0 Å². The summed E-state index contributed by atoms with van der Waals surface area (Å²) < 4.78 is 10.1. The summed E-state index contributed by atoms with van der Waals surface area (Å²) in [7, 11) is 1.42. The molecule has 1 fully saturated rings. The van der Waals surface area contributed by atoms with Gasteiger partial charge in [-0.25, -0.2) is 4.79 Å². The Kier molecular flexibility index (Phi) is 6.45. The topological polar surface area (TPSA) is 96.9 Å². The zero-order valence-corrected chi connectivity index (χ0v) is 10.5. The third-order valence-corrected chi connectivity index (χ3v) is 2.78. The highest BCUT2D eigenvalue weighted by molar-refractivity contribution is 5.74. The molecule has 7 nitrogen and oxygen atoms in total. The second-order valence-corrected chi connectivity index (χ2v) is 4.20. The van der Waals surface area contributed by atoms with Gasteiger partial charge < -0.3 is 25.2 Å². The molecule has 1 heterocycles. The summed E-state index contributed by atoms with van der Waals surface area (Å²) in [6.07, 6.45) is 0.962. The number of carboxylic acid groups (broad SMARTS) is 1. The molecule has 3 N–H and O–H groups in total. The molecule has 18 heavy (non-hydrogen) atoms. The van der Waals surface area contributed by atoms with Gasteiger partial charge in [-0.15, -0.1) is 0 Å². The Morgan fingerprint density at radius 1 is 1.44 bits per heavy atom. The van der Waals surface area contributed by atoms with Crippen molar-refractivity contribution in [3.63, 3.8) is 0 Å². The quantitative estimate of drug-likeness (QED) is 0.622. The first kappa shape index (κ1) is 14.7. The van der Waals surface area contributed by atoms with Gasteiger partial charge in [0.15, 0.2) is 0 Å². The van der Waals surface area contributed by atoms with Crippen molar-refractivity contribution < 1.29 is 24.2 Å². The number of nitrogens with one attached hydrogen (secondary N) is 2. The lowest BCUT2D eigenvalue weighted by Crippen LogP contribution is -2.46. The minimum atomic E-state index is -0.950. The monoisotopic (exact) mass is 260 g/mol. The van der Waals surface area contributed by atoms with Crippen LogP contribution in [-0.4, -0.2) is 56.1 Å². The van der Waals surface area contributed by atoms with Gasteiger partial charge in [0.2, 0.25) is 0 Å². The standard InChI is InChI=1S/C11H20N2O5/c1-17-9(6-10(14)15)7-12-11(16)13-8-2-4-18-5-3-8/h8-9H,2-7H2,1H3,(H,14,15)(H2,12,13,16). The van der Waals surface area contributed by atoms with E-state index in [1.807, 2.05) is 0 Å². The molecule has 1 unspecified atom stereocenters. The fourth-order valence-corrected chi connectivity index (χ4v) is 1.72. The van der Waals surface area contributed by atoms with Crippen molar-refractivity contribution in [3.8, 4) is 0 Å². The minimum absolute atomic E-state index is 0.124.